The summed E-state index contributed by atoms with van der Waals surface area (Å²) < 4.78 is 2.86. The number of aliphatic hydroxyl groups is 1. The van der Waals surface area contributed by atoms with Gasteiger partial charge >= 0.3 is 0 Å². The van der Waals surface area contributed by atoms with Crippen molar-refractivity contribution in [3.63, 3.8) is 0 Å². The molecule has 0 atom stereocenters. The van der Waals surface area contributed by atoms with Crippen molar-refractivity contribution in [3.05, 3.63) is 58.6 Å². The molecule has 2 heterocycles. The highest BCUT2D eigenvalue weighted by molar-refractivity contribution is 5.76. The number of carbonyl (C=O) groups is 1. The number of fused-ring (bicyclic) bond motifs is 1. The van der Waals surface area contributed by atoms with Crippen molar-refractivity contribution < 1.29 is 9.90 Å². The number of hydrogen-bond acceptors (Lipinski definition) is 4. The normalized spacial score (nSPS) is 15.0. The fourth-order valence-electron chi connectivity index (χ4n) is 3.93. The third kappa shape index (κ3) is 3.57. The number of rotatable bonds is 5. The Morgan fingerprint density at radius 2 is 1.89 bits per heavy atom. The molecule has 3 aromatic rings. The Morgan fingerprint density at radius 1 is 1.14 bits per heavy atom. The molecule has 1 aromatic carbocycles. The minimum atomic E-state index is -0.333. The number of carbonyl (C=O) groups excluding carboxylic acids is 1. The largest absolute Gasteiger partial charge is 0.392 e. The fourth-order valence-corrected chi connectivity index (χ4v) is 3.93. The van der Waals surface area contributed by atoms with E-state index in [0.717, 1.165) is 31.2 Å². The Kier molecular flexibility index (Phi) is 5.25. The summed E-state index contributed by atoms with van der Waals surface area (Å²) in [6, 6.07) is 9.64. The number of aromatic nitrogens is 3. The maximum Gasteiger partial charge on any atom is 0.277 e. The van der Waals surface area contributed by atoms with E-state index >= 15 is 0 Å². The van der Waals surface area contributed by atoms with Gasteiger partial charge in [0.1, 0.15) is 12.1 Å². The van der Waals surface area contributed by atoms with Crippen LogP contribution in [-0.4, -0.2) is 31.2 Å². The molecule has 0 bridgehead atoms. The van der Waals surface area contributed by atoms with E-state index in [0.29, 0.717) is 16.8 Å². The molecule has 7 heteroatoms. The molecular formula is C21H24N4O3. The van der Waals surface area contributed by atoms with Crippen molar-refractivity contribution in [2.45, 2.75) is 51.3 Å². The van der Waals surface area contributed by atoms with E-state index in [9.17, 15) is 14.7 Å². The minimum Gasteiger partial charge on any atom is -0.392 e. The van der Waals surface area contributed by atoms with Crippen LogP contribution in [0.5, 0.6) is 0 Å². The molecule has 1 aliphatic carbocycles. The molecule has 1 amide bonds. The van der Waals surface area contributed by atoms with E-state index in [4.69, 9.17) is 0 Å². The quantitative estimate of drug-likeness (QED) is 0.710. The first-order valence-electron chi connectivity index (χ1n) is 9.73. The van der Waals surface area contributed by atoms with Gasteiger partial charge in [0, 0.05) is 29.6 Å². The lowest BCUT2D eigenvalue weighted by Gasteiger charge is -2.22. The standard InChI is InChI=1S/C21H24N4O3/c26-14-17-19(15-7-3-1-4-8-15)23-25-12-11-24(21(28)20(17)25)13-18(27)22-16-9-5-2-6-10-16/h1,3-4,7-8,11-12,16,26H,2,5-6,9-10,13-14H2,(H,22,27). The zero-order valence-corrected chi connectivity index (χ0v) is 15.7. The van der Waals surface area contributed by atoms with E-state index in [1.165, 1.54) is 15.5 Å². The highest BCUT2D eigenvalue weighted by Gasteiger charge is 2.19. The van der Waals surface area contributed by atoms with E-state index in [2.05, 4.69) is 10.4 Å². The lowest BCUT2D eigenvalue weighted by Crippen LogP contribution is -2.40. The number of hydrogen-bond donors (Lipinski definition) is 2. The van der Waals surface area contributed by atoms with E-state index in [1.807, 2.05) is 30.3 Å². The van der Waals surface area contributed by atoms with Crippen molar-refractivity contribution in [2.75, 3.05) is 0 Å². The molecule has 146 valence electrons. The Hall–Kier alpha value is -2.93. The summed E-state index contributed by atoms with van der Waals surface area (Å²) in [5, 5.41) is 17.4. The number of nitrogens with one attached hydrogen (secondary N) is 1. The van der Waals surface area contributed by atoms with Crippen LogP contribution in [0.3, 0.4) is 0 Å². The van der Waals surface area contributed by atoms with Crippen LogP contribution in [0.15, 0.2) is 47.5 Å². The van der Waals surface area contributed by atoms with Crippen LogP contribution >= 0.6 is 0 Å². The lowest BCUT2D eigenvalue weighted by molar-refractivity contribution is -0.122. The summed E-state index contributed by atoms with van der Waals surface area (Å²) in [5.74, 6) is -0.160. The van der Waals surface area contributed by atoms with Crippen LogP contribution in [0.4, 0.5) is 0 Å². The predicted molar refractivity (Wildman–Crippen MR) is 106 cm³/mol. The van der Waals surface area contributed by atoms with Gasteiger partial charge in [-0.1, -0.05) is 49.6 Å². The van der Waals surface area contributed by atoms with Crippen LogP contribution in [0.1, 0.15) is 37.7 Å². The van der Waals surface area contributed by atoms with E-state index in [1.54, 1.807) is 12.4 Å². The predicted octanol–water partition coefficient (Wildman–Crippen LogP) is 2.10. The average Bonchev–Trinajstić information content (AvgIpc) is 3.11. The molecule has 7 nitrogen and oxygen atoms in total. The minimum absolute atomic E-state index is 0.0391. The van der Waals surface area contributed by atoms with Crippen molar-refractivity contribution in [3.8, 4) is 11.3 Å². The summed E-state index contributed by atoms with van der Waals surface area (Å²) >= 11 is 0. The Balaban J connectivity index is 1.65. The second-order valence-electron chi connectivity index (χ2n) is 7.28. The summed E-state index contributed by atoms with van der Waals surface area (Å²) in [5.41, 5.74) is 1.84. The van der Waals surface area contributed by atoms with Gasteiger partial charge in [-0.3, -0.25) is 9.59 Å². The zero-order valence-electron chi connectivity index (χ0n) is 15.7. The van der Waals surface area contributed by atoms with Crippen molar-refractivity contribution in [1.29, 1.82) is 0 Å². The third-order valence-corrected chi connectivity index (χ3v) is 5.35. The number of benzene rings is 1. The molecule has 2 aromatic heterocycles. The van der Waals surface area contributed by atoms with E-state index in [-0.39, 0.29) is 30.7 Å². The van der Waals surface area contributed by atoms with E-state index < -0.39 is 0 Å². The van der Waals surface area contributed by atoms with Gasteiger partial charge in [-0.15, -0.1) is 0 Å². The topological polar surface area (TPSA) is 88.6 Å². The van der Waals surface area contributed by atoms with Crippen LogP contribution in [0.25, 0.3) is 16.8 Å². The Bertz CT molecular complexity index is 1030. The van der Waals surface area contributed by atoms with Gasteiger partial charge in [-0.05, 0) is 12.8 Å². The molecule has 28 heavy (non-hydrogen) atoms. The fraction of sp³-hybridized carbons (Fsp3) is 0.381. The molecule has 1 aliphatic rings. The second kappa shape index (κ2) is 7.98. The third-order valence-electron chi connectivity index (χ3n) is 5.35. The molecule has 0 aliphatic heterocycles. The highest BCUT2D eigenvalue weighted by Crippen LogP contribution is 2.24. The van der Waals surface area contributed by atoms with Crippen molar-refractivity contribution in [2.24, 2.45) is 0 Å². The smallest absolute Gasteiger partial charge is 0.277 e. The molecule has 4 rings (SSSR count). The van der Waals surface area contributed by atoms with Gasteiger partial charge < -0.3 is 15.0 Å². The molecule has 2 N–H and O–H groups in total. The average molecular weight is 380 g/mol. The van der Waals surface area contributed by atoms with Gasteiger partial charge in [-0.25, -0.2) is 4.52 Å². The summed E-state index contributed by atoms with van der Waals surface area (Å²) in [6.07, 6.45) is 8.70. The molecule has 1 fully saturated rings. The van der Waals surface area contributed by atoms with Gasteiger partial charge in [-0.2, -0.15) is 5.10 Å². The lowest BCUT2D eigenvalue weighted by atomic mass is 9.95. The SMILES string of the molecule is O=C(Cn1ccn2nc(-c3ccccc3)c(CO)c2c1=O)NC1CCCCC1. The Morgan fingerprint density at radius 3 is 2.61 bits per heavy atom. The maximum atomic E-state index is 13.0. The Labute approximate surface area is 162 Å². The molecule has 0 saturated heterocycles. The van der Waals surface area contributed by atoms with Gasteiger partial charge in [0.05, 0.1) is 12.3 Å². The van der Waals surface area contributed by atoms with Crippen molar-refractivity contribution >= 4 is 11.4 Å². The molecule has 0 unspecified atom stereocenters. The second-order valence-corrected chi connectivity index (χ2v) is 7.28. The molecule has 0 spiro atoms. The highest BCUT2D eigenvalue weighted by atomic mass is 16.3. The maximum absolute atomic E-state index is 13.0. The number of aliphatic hydroxyl groups excluding tert-OH is 1. The summed E-state index contributed by atoms with van der Waals surface area (Å²) in [7, 11) is 0. The van der Waals surface area contributed by atoms with Crippen LogP contribution in [0.2, 0.25) is 0 Å². The first-order valence-corrected chi connectivity index (χ1v) is 9.73. The van der Waals surface area contributed by atoms with Gasteiger partial charge in [0.2, 0.25) is 5.91 Å². The first kappa shape index (κ1) is 18.4. The molecule has 0 radical (unpaired) electrons. The summed E-state index contributed by atoms with van der Waals surface area (Å²) in [6.45, 7) is -0.343. The van der Waals surface area contributed by atoms with Crippen LogP contribution < -0.4 is 10.9 Å². The van der Waals surface area contributed by atoms with Crippen molar-refractivity contribution in [1.82, 2.24) is 19.5 Å². The van der Waals surface area contributed by atoms with Gasteiger partial charge in [0.25, 0.3) is 5.56 Å². The van der Waals surface area contributed by atoms with Crippen LogP contribution in [-0.2, 0) is 17.9 Å². The van der Waals surface area contributed by atoms with Crippen LogP contribution in [0, 0.1) is 0 Å². The number of amides is 1. The number of nitrogens with zero attached hydrogens (tertiary/aromatic N) is 3. The van der Waals surface area contributed by atoms with Gasteiger partial charge in [0.15, 0.2) is 0 Å². The summed E-state index contributed by atoms with van der Waals surface area (Å²) in [4.78, 5) is 25.4. The molecular weight excluding hydrogens is 356 g/mol. The zero-order chi connectivity index (χ0) is 19.5. The first-order chi connectivity index (χ1) is 13.7. The molecule has 1 saturated carbocycles. The monoisotopic (exact) mass is 380 g/mol.